The fourth-order valence-corrected chi connectivity index (χ4v) is 1.24. The smallest absolute Gasteiger partial charge is 0.406 e. The zero-order valence-electron chi connectivity index (χ0n) is 6.54. The van der Waals surface area contributed by atoms with Crippen LogP contribution in [-0.2, 0) is 4.74 Å². The fraction of sp³-hybridized carbons (Fsp3) is 0.857. The minimum absolute atomic E-state index is 0.292. The van der Waals surface area contributed by atoms with Crippen molar-refractivity contribution in [1.82, 2.24) is 5.32 Å². The van der Waals surface area contributed by atoms with Crippen LogP contribution in [0.5, 0.6) is 0 Å². The normalized spacial score (nSPS) is 31.4. The topological polar surface area (TPSA) is 58.6 Å². The molecular weight excluding hydrogens is 146 g/mol. The molecule has 0 radical (unpaired) electrons. The molecule has 64 valence electrons. The molecule has 0 spiro atoms. The van der Waals surface area contributed by atoms with E-state index in [1.807, 2.05) is 6.92 Å². The minimum Gasteiger partial charge on any atom is -0.465 e. The van der Waals surface area contributed by atoms with Gasteiger partial charge in [0.15, 0.2) is 0 Å². The van der Waals surface area contributed by atoms with Gasteiger partial charge in [-0.3, -0.25) is 5.32 Å². The number of carbonyl (C=O) groups is 1. The van der Waals surface area contributed by atoms with Crippen LogP contribution in [0.2, 0.25) is 0 Å². The third-order valence-corrected chi connectivity index (χ3v) is 1.88. The number of hydrogen-bond donors (Lipinski definition) is 2. The van der Waals surface area contributed by atoms with E-state index in [-0.39, 0.29) is 6.23 Å². The van der Waals surface area contributed by atoms with Crippen LogP contribution in [0, 0.1) is 5.92 Å². The van der Waals surface area contributed by atoms with Crippen molar-refractivity contribution < 1.29 is 14.6 Å². The highest BCUT2D eigenvalue weighted by atomic mass is 16.5. The zero-order valence-corrected chi connectivity index (χ0v) is 6.54. The van der Waals surface area contributed by atoms with E-state index >= 15 is 0 Å². The number of hydrogen-bond acceptors (Lipinski definition) is 2. The summed E-state index contributed by atoms with van der Waals surface area (Å²) in [5.74, 6) is 0.292. The maximum atomic E-state index is 10.2. The lowest BCUT2D eigenvalue weighted by atomic mass is 10.0. The molecule has 11 heavy (non-hydrogen) atoms. The Bertz CT molecular complexity index is 149. The van der Waals surface area contributed by atoms with Crippen LogP contribution >= 0.6 is 0 Å². The summed E-state index contributed by atoms with van der Waals surface area (Å²) in [7, 11) is 0. The molecule has 0 saturated carbocycles. The maximum absolute atomic E-state index is 10.2. The molecule has 1 heterocycles. The molecular formula is C7H13NO3. The molecule has 0 aromatic rings. The first-order chi connectivity index (χ1) is 5.20. The molecule has 2 atom stereocenters. The molecule has 1 rings (SSSR count). The van der Waals surface area contributed by atoms with E-state index in [4.69, 9.17) is 9.84 Å². The van der Waals surface area contributed by atoms with Gasteiger partial charge in [-0.2, -0.15) is 0 Å². The zero-order chi connectivity index (χ0) is 8.27. The molecule has 4 nitrogen and oxygen atoms in total. The fourth-order valence-electron chi connectivity index (χ4n) is 1.24. The quantitative estimate of drug-likeness (QED) is 0.600. The highest BCUT2D eigenvalue weighted by molar-refractivity contribution is 5.64. The van der Waals surface area contributed by atoms with Crippen molar-refractivity contribution in [1.29, 1.82) is 0 Å². The van der Waals surface area contributed by atoms with Crippen molar-refractivity contribution in [2.45, 2.75) is 26.0 Å². The van der Waals surface area contributed by atoms with Gasteiger partial charge in [0.25, 0.3) is 0 Å². The van der Waals surface area contributed by atoms with Crippen molar-refractivity contribution in [2.24, 2.45) is 5.92 Å². The second kappa shape index (κ2) is 3.57. The van der Waals surface area contributed by atoms with Crippen LogP contribution in [0.1, 0.15) is 19.8 Å². The third-order valence-electron chi connectivity index (χ3n) is 1.88. The van der Waals surface area contributed by atoms with Gasteiger partial charge in [-0.05, 0) is 12.8 Å². The van der Waals surface area contributed by atoms with E-state index in [1.165, 1.54) is 0 Å². The van der Waals surface area contributed by atoms with Crippen molar-refractivity contribution in [2.75, 3.05) is 6.61 Å². The first kappa shape index (κ1) is 8.33. The summed E-state index contributed by atoms with van der Waals surface area (Å²) in [6.07, 6.45) is 0.745. The monoisotopic (exact) mass is 159 g/mol. The minimum atomic E-state index is -1.01. The van der Waals surface area contributed by atoms with Gasteiger partial charge in [0.05, 0.1) is 0 Å². The SMILES string of the molecule is CC1CCCOC1NC(=O)O. The van der Waals surface area contributed by atoms with Gasteiger partial charge in [0, 0.05) is 12.5 Å². The van der Waals surface area contributed by atoms with E-state index in [2.05, 4.69) is 5.32 Å². The van der Waals surface area contributed by atoms with Gasteiger partial charge in [0.2, 0.25) is 0 Å². The molecule has 1 amide bonds. The summed E-state index contributed by atoms with van der Waals surface area (Å²) in [5.41, 5.74) is 0. The molecule has 1 aliphatic rings. The van der Waals surface area contributed by atoms with Crippen LogP contribution in [-0.4, -0.2) is 24.0 Å². The van der Waals surface area contributed by atoms with Crippen LogP contribution < -0.4 is 5.32 Å². The number of ether oxygens (including phenoxy) is 1. The highest BCUT2D eigenvalue weighted by Crippen LogP contribution is 2.17. The lowest BCUT2D eigenvalue weighted by Crippen LogP contribution is -2.43. The lowest BCUT2D eigenvalue weighted by Gasteiger charge is -2.28. The van der Waals surface area contributed by atoms with Gasteiger partial charge in [-0.15, -0.1) is 0 Å². The second-order valence-corrected chi connectivity index (χ2v) is 2.86. The summed E-state index contributed by atoms with van der Waals surface area (Å²) in [6, 6.07) is 0. The Morgan fingerprint density at radius 3 is 3.00 bits per heavy atom. The maximum Gasteiger partial charge on any atom is 0.406 e. The standard InChI is InChI=1S/C7H13NO3/c1-5-3-2-4-11-6(5)8-7(9)10/h5-6,8H,2-4H2,1H3,(H,9,10). The number of nitrogens with one attached hydrogen (secondary N) is 1. The van der Waals surface area contributed by atoms with Crippen LogP contribution in [0.4, 0.5) is 4.79 Å². The summed E-state index contributed by atoms with van der Waals surface area (Å²) < 4.78 is 5.21. The molecule has 2 unspecified atom stereocenters. The largest absolute Gasteiger partial charge is 0.465 e. The summed E-state index contributed by atoms with van der Waals surface area (Å²) in [5, 5.41) is 10.7. The Morgan fingerprint density at radius 2 is 2.45 bits per heavy atom. The van der Waals surface area contributed by atoms with E-state index in [9.17, 15) is 4.79 Å². The second-order valence-electron chi connectivity index (χ2n) is 2.86. The van der Waals surface area contributed by atoms with Crippen LogP contribution in [0.15, 0.2) is 0 Å². The number of rotatable bonds is 1. The van der Waals surface area contributed by atoms with Crippen molar-refractivity contribution in [3.63, 3.8) is 0 Å². The third kappa shape index (κ3) is 2.38. The van der Waals surface area contributed by atoms with Crippen LogP contribution in [0.25, 0.3) is 0 Å². The molecule has 1 aliphatic heterocycles. The van der Waals surface area contributed by atoms with E-state index in [0.29, 0.717) is 12.5 Å². The van der Waals surface area contributed by atoms with Gasteiger partial charge >= 0.3 is 6.09 Å². The Labute approximate surface area is 65.5 Å². The van der Waals surface area contributed by atoms with E-state index in [1.54, 1.807) is 0 Å². The summed E-state index contributed by atoms with van der Waals surface area (Å²) in [4.78, 5) is 10.2. The van der Waals surface area contributed by atoms with Gasteiger partial charge in [-0.25, -0.2) is 4.79 Å². The lowest BCUT2D eigenvalue weighted by molar-refractivity contribution is -0.0364. The first-order valence-electron chi connectivity index (χ1n) is 3.81. The van der Waals surface area contributed by atoms with Crippen molar-refractivity contribution in [3.8, 4) is 0 Å². The highest BCUT2D eigenvalue weighted by Gasteiger charge is 2.22. The number of carboxylic acid groups (broad SMARTS) is 1. The molecule has 1 fully saturated rings. The van der Waals surface area contributed by atoms with Crippen molar-refractivity contribution in [3.05, 3.63) is 0 Å². The molecule has 0 bridgehead atoms. The first-order valence-corrected chi connectivity index (χ1v) is 3.81. The van der Waals surface area contributed by atoms with Gasteiger partial charge < -0.3 is 9.84 Å². The Kier molecular flexibility index (Phi) is 2.70. The molecule has 0 aromatic carbocycles. The Balaban J connectivity index is 2.35. The predicted octanol–water partition coefficient (Wildman–Crippen LogP) is 1.03. The molecule has 0 aliphatic carbocycles. The van der Waals surface area contributed by atoms with E-state index in [0.717, 1.165) is 12.8 Å². The Morgan fingerprint density at radius 1 is 1.73 bits per heavy atom. The van der Waals surface area contributed by atoms with Crippen LogP contribution in [0.3, 0.4) is 0 Å². The van der Waals surface area contributed by atoms with Gasteiger partial charge in [0.1, 0.15) is 6.23 Å². The summed E-state index contributed by atoms with van der Waals surface area (Å²) in [6.45, 7) is 2.65. The van der Waals surface area contributed by atoms with Crippen molar-refractivity contribution >= 4 is 6.09 Å². The summed E-state index contributed by atoms with van der Waals surface area (Å²) >= 11 is 0. The molecule has 1 saturated heterocycles. The van der Waals surface area contributed by atoms with Gasteiger partial charge in [-0.1, -0.05) is 6.92 Å². The number of amides is 1. The predicted molar refractivity (Wildman–Crippen MR) is 39.3 cm³/mol. The molecule has 0 aromatic heterocycles. The van der Waals surface area contributed by atoms with E-state index < -0.39 is 6.09 Å². The molecule has 4 heteroatoms. The average Bonchev–Trinajstić information content (AvgIpc) is 1.93. The average molecular weight is 159 g/mol. The Hall–Kier alpha value is -0.770. The molecule has 2 N–H and O–H groups in total.